The summed E-state index contributed by atoms with van der Waals surface area (Å²) >= 11 is 6.03. The number of nitrogens with zero attached hydrogens (tertiary/aromatic N) is 1. The van der Waals surface area contributed by atoms with Crippen molar-refractivity contribution in [2.45, 2.75) is 0 Å². The van der Waals surface area contributed by atoms with Crippen LogP contribution in [0.2, 0.25) is 5.02 Å². The van der Waals surface area contributed by atoms with Gasteiger partial charge < -0.3 is 9.47 Å². The second-order valence-corrected chi connectivity index (χ2v) is 5.04. The van der Waals surface area contributed by atoms with Crippen LogP contribution in [0.5, 0.6) is 11.5 Å². The second-order valence-electron chi connectivity index (χ2n) is 4.60. The van der Waals surface area contributed by atoms with Crippen LogP contribution in [0.25, 0.3) is 22.2 Å². The van der Waals surface area contributed by atoms with E-state index in [1.807, 2.05) is 48.5 Å². The number of pyridine rings is 1. The number of benzene rings is 2. The van der Waals surface area contributed by atoms with Crippen molar-refractivity contribution in [2.24, 2.45) is 0 Å². The predicted molar refractivity (Wildman–Crippen MR) is 85.3 cm³/mol. The van der Waals surface area contributed by atoms with Crippen molar-refractivity contribution >= 4 is 22.5 Å². The van der Waals surface area contributed by atoms with Gasteiger partial charge in [0.25, 0.3) is 0 Å². The molecule has 0 N–H and O–H groups in total. The number of aromatic nitrogens is 1. The average Bonchev–Trinajstić information content (AvgIpc) is 2.53. The minimum Gasteiger partial charge on any atom is -0.493 e. The van der Waals surface area contributed by atoms with Gasteiger partial charge in [-0.15, -0.1) is 0 Å². The predicted octanol–water partition coefficient (Wildman–Crippen LogP) is 4.57. The third-order valence-electron chi connectivity index (χ3n) is 3.33. The van der Waals surface area contributed by atoms with Crippen LogP contribution in [-0.2, 0) is 0 Å². The highest BCUT2D eigenvalue weighted by atomic mass is 35.5. The molecule has 21 heavy (non-hydrogen) atoms. The van der Waals surface area contributed by atoms with Gasteiger partial charge in [0.05, 0.1) is 25.4 Å². The Labute approximate surface area is 128 Å². The summed E-state index contributed by atoms with van der Waals surface area (Å²) < 4.78 is 10.6. The van der Waals surface area contributed by atoms with Gasteiger partial charge in [0.1, 0.15) is 0 Å². The Morgan fingerprint density at radius 2 is 1.62 bits per heavy atom. The van der Waals surface area contributed by atoms with E-state index >= 15 is 0 Å². The molecular formula is C17H14ClNO2. The minimum atomic E-state index is 0.680. The van der Waals surface area contributed by atoms with Crippen molar-refractivity contribution < 1.29 is 9.47 Å². The summed E-state index contributed by atoms with van der Waals surface area (Å²) in [5.41, 5.74) is 2.70. The number of hydrogen-bond donors (Lipinski definition) is 0. The fraction of sp³-hybridized carbons (Fsp3) is 0.118. The van der Waals surface area contributed by atoms with Crippen LogP contribution in [0, 0.1) is 0 Å². The molecule has 3 aromatic rings. The number of rotatable bonds is 3. The first-order chi connectivity index (χ1) is 10.2. The molecule has 0 atom stereocenters. The van der Waals surface area contributed by atoms with Crippen LogP contribution in [0.15, 0.2) is 48.5 Å². The van der Waals surface area contributed by atoms with E-state index in [1.54, 1.807) is 14.2 Å². The van der Waals surface area contributed by atoms with Gasteiger partial charge in [0, 0.05) is 16.0 Å². The van der Waals surface area contributed by atoms with Crippen molar-refractivity contribution in [3.05, 3.63) is 53.6 Å². The standard InChI is InChI=1S/C17H14ClNO2/c1-20-16-8-5-12(9-17(16)21-2)14-7-4-11-3-6-13(18)10-15(11)19-14/h3-10H,1-2H3. The molecular weight excluding hydrogens is 286 g/mol. The zero-order valence-electron chi connectivity index (χ0n) is 11.8. The zero-order valence-corrected chi connectivity index (χ0v) is 12.5. The Morgan fingerprint density at radius 3 is 2.38 bits per heavy atom. The van der Waals surface area contributed by atoms with Gasteiger partial charge in [-0.25, -0.2) is 4.98 Å². The summed E-state index contributed by atoms with van der Waals surface area (Å²) in [4.78, 5) is 4.66. The molecule has 3 rings (SSSR count). The second kappa shape index (κ2) is 5.62. The number of hydrogen-bond acceptors (Lipinski definition) is 3. The Morgan fingerprint density at radius 1 is 0.857 bits per heavy atom. The Bertz CT molecular complexity index is 802. The maximum absolute atomic E-state index is 6.03. The van der Waals surface area contributed by atoms with Crippen LogP contribution in [0.3, 0.4) is 0 Å². The van der Waals surface area contributed by atoms with E-state index in [0.29, 0.717) is 16.5 Å². The summed E-state index contributed by atoms with van der Waals surface area (Å²) in [6.45, 7) is 0. The maximum atomic E-state index is 6.03. The molecule has 0 fully saturated rings. The maximum Gasteiger partial charge on any atom is 0.161 e. The third-order valence-corrected chi connectivity index (χ3v) is 3.57. The fourth-order valence-electron chi connectivity index (χ4n) is 2.25. The van der Waals surface area contributed by atoms with Crippen LogP contribution < -0.4 is 9.47 Å². The van der Waals surface area contributed by atoms with Crippen LogP contribution in [-0.4, -0.2) is 19.2 Å². The zero-order chi connectivity index (χ0) is 14.8. The summed E-state index contributed by atoms with van der Waals surface area (Å²) in [5, 5.41) is 1.74. The topological polar surface area (TPSA) is 31.4 Å². The summed E-state index contributed by atoms with van der Waals surface area (Å²) in [6, 6.07) is 15.4. The van der Waals surface area contributed by atoms with Gasteiger partial charge in [-0.3, -0.25) is 0 Å². The molecule has 106 valence electrons. The van der Waals surface area contributed by atoms with Gasteiger partial charge in [0.2, 0.25) is 0 Å². The number of ether oxygens (including phenoxy) is 2. The fourth-order valence-corrected chi connectivity index (χ4v) is 2.41. The summed E-state index contributed by atoms with van der Waals surface area (Å²) in [6.07, 6.45) is 0. The van der Waals surface area contributed by atoms with Crippen molar-refractivity contribution in [2.75, 3.05) is 14.2 Å². The molecule has 0 spiro atoms. The van der Waals surface area contributed by atoms with E-state index in [0.717, 1.165) is 22.2 Å². The van der Waals surface area contributed by atoms with Gasteiger partial charge in [-0.05, 0) is 36.4 Å². The number of methoxy groups -OCH3 is 2. The molecule has 0 unspecified atom stereocenters. The lowest BCUT2D eigenvalue weighted by Gasteiger charge is -2.10. The Balaban J connectivity index is 2.11. The lowest BCUT2D eigenvalue weighted by molar-refractivity contribution is 0.355. The molecule has 0 aliphatic heterocycles. The van der Waals surface area contributed by atoms with Crippen molar-refractivity contribution in [3.8, 4) is 22.8 Å². The minimum absolute atomic E-state index is 0.680. The quantitative estimate of drug-likeness (QED) is 0.710. The molecule has 0 bridgehead atoms. The molecule has 0 saturated heterocycles. The average molecular weight is 300 g/mol. The van der Waals surface area contributed by atoms with E-state index in [-0.39, 0.29) is 0 Å². The summed E-state index contributed by atoms with van der Waals surface area (Å²) in [5.74, 6) is 1.38. The van der Waals surface area contributed by atoms with Gasteiger partial charge >= 0.3 is 0 Å². The largest absolute Gasteiger partial charge is 0.493 e. The SMILES string of the molecule is COc1ccc(-c2ccc3ccc(Cl)cc3n2)cc1OC. The molecule has 0 aliphatic carbocycles. The monoisotopic (exact) mass is 299 g/mol. The molecule has 0 radical (unpaired) electrons. The lowest BCUT2D eigenvalue weighted by Crippen LogP contribution is -1.92. The molecule has 2 aromatic carbocycles. The molecule has 0 aliphatic rings. The highest BCUT2D eigenvalue weighted by Crippen LogP contribution is 2.32. The molecule has 3 nitrogen and oxygen atoms in total. The smallest absolute Gasteiger partial charge is 0.161 e. The summed E-state index contributed by atoms with van der Waals surface area (Å²) in [7, 11) is 3.24. The molecule has 4 heteroatoms. The van der Waals surface area contributed by atoms with Crippen LogP contribution >= 0.6 is 11.6 Å². The molecule has 0 saturated carbocycles. The Kier molecular flexibility index (Phi) is 3.67. The van der Waals surface area contributed by atoms with E-state index in [4.69, 9.17) is 21.1 Å². The van der Waals surface area contributed by atoms with E-state index in [1.165, 1.54) is 0 Å². The van der Waals surface area contributed by atoms with Gasteiger partial charge in [-0.2, -0.15) is 0 Å². The highest BCUT2D eigenvalue weighted by molar-refractivity contribution is 6.31. The van der Waals surface area contributed by atoms with Crippen molar-refractivity contribution in [1.82, 2.24) is 4.98 Å². The normalized spacial score (nSPS) is 10.6. The number of halogens is 1. The van der Waals surface area contributed by atoms with Gasteiger partial charge in [0.15, 0.2) is 11.5 Å². The van der Waals surface area contributed by atoms with Gasteiger partial charge in [-0.1, -0.05) is 23.7 Å². The third kappa shape index (κ3) is 2.65. The van der Waals surface area contributed by atoms with Crippen LogP contribution in [0.1, 0.15) is 0 Å². The van der Waals surface area contributed by atoms with Crippen LogP contribution in [0.4, 0.5) is 0 Å². The Hall–Kier alpha value is -2.26. The van der Waals surface area contributed by atoms with Crippen molar-refractivity contribution in [3.63, 3.8) is 0 Å². The first-order valence-corrected chi connectivity index (χ1v) is 6.88. The molecule has 1 heterocycles. The first kappa shape index (κ1) is 13.7. The molecule has 1 aromatic heterocycles. The molecule has 0 amide bonds. The lowest BCUT2D eigenvalue weighted by atomic mass is 10.1. The van der Waals surface area contributed by atoms with E-state index in [2.05, 4.69) is 4.98 Å². The van der Waals surface area contributed by atoms with E-state index < -0.39 is 0 Å². The highest BCUT2D eigenvalue weighted by Gasteiger charge is 2.08. The number of fused-ring (bicyclic) bond motifs is 1. The van der Waals surface area contributed by atoms with Crippen molar-refractivity contribution in [1.29, 1.82) is 0 Å². The first-order valence-electron chi connectivity index (χ1n) is 6.50. The van der Waals surface area contributed by atoms with E-state index in [9.17, 15) is 0 Å².